The predicted octanol–water partition coefficient (Wildman–Crippen LogP) is 6.46. The van der Waals surface area contributed by atoms with E-state index in [0.29, 0.717) is 16.7 Å². The first kappa shape index (κ1) is 20.3. The Hall–Kier alpha value is -1.02. The summed E-state index contributed by atoms with van der Waals surface area (Å²) < 4.78 is 0. The molecule has 0 radical (unpaired) electrons. The summed E-state index contributed by atoms with van der Waals surface area (Å²) in [4.78, 5) is 5.49. The van der Waals surface area contributed by atoms with Crippen LogP contribution in [0.3, 0.4) is 0 Å². The summed E-state index contributed by atoms with van der Waals surface area (Å²) in [6.07, 6.45) is 11.2. The van der Waals surface area contributed by atoms with E-state index in [1.165, 1.54) is 83.2 Å². The van der Waals surface area contributed by atoms with Gasteiger partial charge in [0.25, 0.3) is 0 Å². The lowest BCUT2D eigenvalue weighted by Crippen LogP contribution is -2.51. The van der Waals surface area contributed by atoms with Gasteiger partial charge in [0.05, 0.1) is 0 Å². The number of rotatable bonds is 3. The van der Waals surface area contributed by atoms with Gasteiger partial charge in [0, 0.05) is 37.9 Å². The summed E-state index contributed by atoms with van der Waals surface area (Å²) in [7, 11) is 0. The maximum atomic E-state index is 2.80. The van der Waals surface area contributed by atoms with Crippen LogP contribution in [-0.2, 0) is 0 Å². The first-order valence-corrected chi connectivity index (χ1v) is 11.9. The van der Waals surface area contributed by atoms with Crippen molar-refractivity contribution < 1.29 is 0 Å². The summed E-state index contributed by atoms with van der Waals surface area (Å²) in [5.41, 5.74) is 4.04. The molecule has 0 aromatic heterocycles. The van der Waals surface area contributed by atoms with Crippen LogP contribution in [0.25, 0.3) is 0 Å². The molecule has 28 heavy (non-hydrogen) atoms. The number of para-hydroxylation sites is 1. The minimum absolute atomic E-state index is 0.444. The molecule has 2 heteroatoms. The zero-order valence-electron chi connectivity index (χ0n) is 18.8. The highest BCUT2D eigenvalue weighted by Crippen LogP contribution is 2.53. The van der Waals surface area contributed by atoms with Gasteiger partial charge < -0.3 is 4.90 Å². The van der Waals surface area contributed by atoms with Crippen LogP contribution in [0.1, 0.15) is 90.5 Å². The van der Waals surface area contributed by atoms with Gasteiger partial charge in [-0.1, -0.05) is 65.2 Å². The summed E-state index contributed by atoms with van der Waals surface area (Å²) in [6.45, 7) is 14.8. The Balaban J connectivity index is 1.48. The highest BCUT2D eigenvalue weighted by molar-refractivity contribution is 5.56. The standard InChI is InChI=1S/C26H42N2/c1-25(2)18-21(19-26(3,4)20-25)23-12-8-9-13-24(23)28-16-14-27(15-17-28)22-10-6-5-7-11-22/h8-9,12-13,21-22H,5-7,10-11,14-20H2,1-4H3. The van der Waals surface area contributed by atoms with Crippen LogP contribution in [0.2, 0.25) is 0 Å². The van der Waals surface area contributed by atoms with Crippen LogP contribution in [0.4, 0.5) is 5.69 Å². The lowest BCUT2D eigenvalue weighted by atomic mass is 9.60. The molecule has 156 valence electrons. The Kier molecular flexibility index (Phi) is 5.80. The van der Waals surface area contributed by atoms with E-state index in [1.54, 1.807) is 5.56 Å². The third-order valence-corrected chi connectivity index (χ3v) is 7.68. The van der Waals surface area contributed by atoms with Gasteiger partial charge in [-0.2, -0.15) is 0 Å². The zero-order valence-corrected chi connectivity index (χ0v) is 18.8. The summed E-state index contributed by atoms with van der Waals surface area (Å²) in [5.74, 6) is 0.700. The summed E-state index contributed by atoms with van der Waals surface area (Å²) in [6, 6.07) is 10.2. The zero-order chi connectivity index (χ0) is 19.8. The molecule has 0 atom stereocenters. The monoisotopic (exact) mass is 382 g/mol. The largest absolute Gasteiger partial charge is 0.369 e. The van der Waals surface area contributed by atoms with Gasteiger partial charge >= 0.3 is 0 Å². The first-order chi connectivity index (χ1) is 13.3. The third-order valence-electron chi connectivity index (χ3n) is 7.68. The van der Waals surface area contributed by atoms with Crippen molar-refractivity contribution in [2.75, 3.05) is 31.1 Å². The molecule has 1 aromatic carbocycles. The molecule has 0 N–H and O–H groups in total. The van der Waals surface area contributed by atoms with Crippen molar-refractivity contribution in [2.24, 2.45) is 10.8 Å². The predicted molar refractivity (Wildman–Crippen MR) is 121 cm³/mol. The molecule has 0 bridgehead atoms. The van der Waals surface area contributed by atoms with E-state index in [9.17, 15) is 0 Å². The maximum Gasteiger partial charge on any atom is 0.0402 e. The van der Waals surface area contributed by atoms with Gasteiger partial charge in [0.2, 0.25) is 0 Å². The molecule has 1 aromatic rings. The van der Waals surface area contributed by atoms with Crippen LogP contribution in [-0.4, -0.2) is 37.1 Å². The fraction of sp³-hybridized carbons (Fsp3) is 0.769. The quantitative estimate of drug-likeness (QED) is 0.592. The van der Waals surface area contributed by atoms with Crippen molar-refractivity contribution in [1.29, 1.82) is 0 Å². The second kappa shape index (κ2) is 8.01. The average Bonchev–Trinajstić information content (AvgIpc) is 2.66. The molecule has 2 nitrogen and oxygen atoms in total. The fourth-order valence-electron chi connectivity index (χ4n) is 6.96. The third kappa shape index (κ3) is 4.58. The second-order valence-electron chi connectivity index (χ2n) is 11.5. The molecule has 0 unspecified atom stereocenters. The first-order valence-electron chi connectivity index (χ1n) is 11.9. The lowest BCUT2D eigenvalue weighted by molar-refractivity contribution is 0.0969. The van der Waals surface area contributed by atoms with Gasteiger partial charge in [0.1, 0.15) is 0 Å². The Morgan fingerprint density at radius 1 is 0.786 bits per heavy atom. The highest BCUT2D eigenvalue weighted by Gasteiger charge is 2.40. The number of benzene rings is 1. The van der Waals surface area contributed by atoms with Gasteiger partial charge in [-0.15, -0.1) is 0 Å². The molecule has 0 spiro atoms. The van der Waals surface area contributed by atoms with E-state index in [4.69, 9.17) is 0 Å². The number of piperazine rings is 1. The molecule has 1 aliphatic heterocycles. The molecule has 3 fully saturated rings. The lowest BCUT2D eigenvalue weighted by Gasteiger charge is -2.47. The van der Waals surface area contributed by atoms with Crippen LogP contribution in [0.15, 0.2) is 24.3 Å². The molecule has 0 amide bonds. The van der Waals surface area contributed by atoms with Crippen LogP contribution >= 0.6 is 0 Å². The Bertz CT molecular complexity index is 632. The molecule has 1 saturated heterocycles. The van der Waals surface area contributed by atoms with Crippen molar-refractivity contribution in [3.8, 4) is 0 Å². The Morgan fingerprint density at radius 3 is 2.04 bits per heavy atom. The fourth-order valence-corrected chi connectivity index (χ4v) is 6.96. The van der Waals surface area contributed by atoms with E-state index in [2.05, 4.69) is 61.8 Å². The van der Waals surface area contributed by atoms with Gasteiger partial charge in [-0.3, -0.25) is 4.90 Å². The smallest absolute Gasteiger partial charge is 0.0402 e. The number of hydrogen-bond donors (Lipinski definition) is 0. The van der Waals surface area contributed by atoms with Crippen molar-refractivity contribution in [3.05, 3.63) is 29.8 Å². The minimum Gasteiger partial charge on any atom is -0.369 e. The highest BCUT2D eigenvalue weighted by atomic mass is 15.3. The van der Waals surface area contributed by atoms with E-state index < -0.39 is 0 Å². The van der Waals surface area contributed by atoms with Crippen molar-refractivity contribution >= 4 is 5.69 Å². The number of hydrogen-bond acceptors (Lipinski definition) is 2. The van der Waals surface area contributed by atoms with Crippen LogP contribution < -0.4 is 4.90 Å². The number of nitrogens with zero attached hydrogens (tertiary/aromatic N) is 2. The molecule has 3 aliphatic rings. The summed E-state index contributed by atoms with van der Waals surface area (Å²) >= 11 is 0. The Labute approximate surface area is 173 Å². The molecule has 4 rings (SSSR count). The Morgan fingerprint density at radius 2 is 1.39 bits per heavy atom. The molecule has 1 heterocycles. The topological polar surface area (TPSA) is 6.48 Å². The SMILES string of the molecule is CC1(C)CC(c2ccccc2N2CCN(C3CCCCC3)CC2)CC(C)(C)C1. The van der Waals surface area contributed by atoms with Gasteiger partial charge in [0.15, 0.2) is 0 Å². The van der Waals surface area contributed by atoms with Crippen LogP contribution in [0.5, 0.6) is 0 Å². The molecular weight excluding hydrogens is 340 g/mol. The number of anilines is 1. The van der Waals surface area contributed by atoms with Gasteiger partial charge in [-0.25, -0.2) is 0 Å². The van der Waals surface area contributed by atoms with Gasteiger partial charge in [-0.05, 0) is 60.5 Å². The van der Waals surface area contributed by atoms with Crippen molar-refractivity contribution in [2.45, 2.75) is 91.0 Å². The second-order valence-corrected chi connectivity index (χ2v) is 11.5. The molecule has 2 aliphatic carbocycles. The molecule has 2 saturated carbocycles. The minimum atomic E-state index is 0.444. The average molecular weight is 383 g/mol. The van der Waals surface area contributed by atoms with E-state index >= 15 is 0 Å². The van der Waals surface area contributed by atoms with Crippen LogP contribution in [0, 0.1) is 10.8 Å². The van der Waals surface area contributed by atoms with E-state index in [0.717, 1.165) is 6.04 Å². The van der Waals surface area contributed by atoms with E-state index in [1.807, 2.05) is 0 Å². The summed E-state index contributed by atoms with van der Waals surface area (Å²) in [5, 5.41) is 0. The normalized spacial score (nSPS) is 27.1. The van der Waals surface area contributed by atoms with E-state index in [-0.39, 0.29) is 0 Å². The maximum absolute atomic E-state index is 2.80. The van der Waals surface area contributed by atoms with Crippen molar-refractivity contribution in [1.82, 2.24) is 4.90 Å². The molecular formula is C26H42N2. The van der Waals surface area contributed by atoms with Crippen molar-refractivity contribution in [3.63, 3.8) is 0 Å².